The molecule has 0 aliphatic carbocycles. The lowest BCUT2D eigenvalue weighted by Gasteiger charge is -2.30. The number of anilines is 1. The lowest BCUT2D eigenvalue weighted by Crippen LogP contribution is -2.40. The summed E-state index contributed by atoms with van der Waals surface area (Å²) >= 11 is 1.35. The van der Waals surface area contributed by atoms with Crippen LogP contribution in [0, 0.1) is 5.92 Å². The summed E-state index contributed by atoms with van der Waals surface area (Å²) in [6.45, 7) is 6.99. The van der Waals surface area contributed by atoms with Gasteiger partial charge in [0.05, 0.1) is 23.0 Å². The number of fused-ring (bicyclic) bond motifs is 1. The van der Waals surface area contributed by atoms with Crippen LogP contribution in [0.2, 0.25) is 0 Å². The number of nitrogens with one attached hydrogen (secondary N) is 1. The molecule has 2 aliphatic rings. The molecule has 0 unspecified atom stereocenters. The van der Waals surface area contributed by atoms with Crippen molar-refractivity contribution in [2.24, 2.45) is 11.7 Å². The van der Waals surface area contributed by atoms with Gasteiger partial charge in [0.1, 0.15) is 5.00 Å². The second-order valence-corrected chi connectivity index (χ2v) is 12.1. The van der Waals surface area contributed by atoms with Crippen LogP contribution in [-0.2, 0) is 32.5 Å². The molecule has 4 rings (SSSR count). The average Bonchev–Trinajstić information content (AvgIpc) is 3.26. The van der Waals surface area contributed by atoms with Gasteiger partial charge in [0.15, 0.2) is 0 Å². The summed E-state index contributed by atoms with van der Waals surface area (Å²) in [4.78, 5) is 40.4. The summed E-state index contributed by atoms with van der Waals surface area (Å²) in [6, 6.07) is 5.69. The number of rotatable bonds is 8. The first-order valence-corrected chi connectivity index (χ1v) is 14.7. The molecular formula is C25H32N4O6S2. The number of esters is 1. The van der Waals surface area contributed by atoms with E-state index in [9.17, 15) is 22.8 Å². The lowest BCUT2D eigenvalue weighted by molar-refractivity contribution is -0.149. The number of nitrogens with two attached hydrogens (primary N) is 1. The van der Waals surface area contributed by atoms with Crippen molar-refractivity contribution in [3.63, 3.8) is 0 Å². The number of ether oxygens (including phenoxy) is 1. The number of thiophene rings is 1. The Hall–Kier alpha value is -2.80. The van der Waals surface area contributed by atoms with E-state index in [-0.39, 0.29) is 35.4 Å². The fourth-order valence-electron chi connectivity index (χ4n) is 4.77. The lowest BCUT2D eigenvalue weighted by atomic mass is 9.98. The molecule has 3 heterocycles. The number of amides is 2. The molecule has 37 heavy (non-hydrogen) atoms. The Bertz CT molecular complexity index is 1280. The number of benzene rings is 1. The number of primary amides is 1. The van der Waals surface area contributed by atoms with Gasteiger partial charge in [0.2, 0.25) is 10.0 Å². The van der Waals surface area contributed by atoms with Gasteiger partial charge in [-0.15, -0.1) is 11.3 Å². The molecule has 0 radical (unpaired) electrons. The Balaban J connectivity index is 1.45. The number of piperidine rings is 1. The smallest absolute Gasteiger partial charge is 0.309 e. The van der Waals surface area contributed by atoms with E-state index in [2.05, 4.69) is 17.1 Å². The highest BCUT2D eigenvalue weighted by Gasteiger charge is 2.33. The maximum atomic E-state index is 13.1. The minimum Gasteiger partial charge on any atom is -0.466 e. The van der Waals surface area contributed by atoms with Crippen LogP contribution in [0.25, 0.3) is 0 Å². The minimum absolute atomic E-state index is 0.0719. The van der Waals surface area contributed by atoms with Gasteiger partial charge >= 0.3 is 5.97 Å². The molecule has 0 spiro atoms. The Morgan fingerprint density at radius 2 is 1.78 bits per heavy atom. The fourth-order valence-corrected chi connectivity index (χ4v) is 7.53. The number of sulfonamides is 1. The van der Waals surface area contributed by atoms with Crippen molar-refractivity contribution in [1.82, 2.24) is 9.21 Å². The number of hydrogen-bond acceptors (Lipinski definition) is 8. The zero-order chi connectivity index (χ0) is 26.7. The van der Waals surface area contributed by atoms with E-state index in [1.54, 1.807) is 6.92 Å². The summed E-state index contributed by atoms with van der Waals surface area (Å²) in [5.41, 5.74) is 7.16. The number of hydrogen-bond donors (Lipinski definition) is 2. The van der Waals surface area contributed by atoms with Crippen molar-refractivity contribution in [2.75, 3.05) is 38.1 Å². The van der Waals surface area contributed by atoms with Gasteiger partial charge in [-0.3, -0.25) is 19.3 Å². The van der Waals surface area contributed by atoms with Crippen molar-refractivity contribution < 1.29 is 27.5 Å². The molecule has 2 amide bonds. The Morgan fingerprint density at radius 1 is 1.11 bits per heavy atom. The second-order valence-electron chi connectivity index (χ2n) is 9.10. The molecule has 1 aromatic carbocycles. The predicted molar refractivity (Wildman–Crippen MR) is 140 cm³/mol. The zero-order valence-electron chi connectivity index (χ0n) is 21.0. The fraction of sp³-hybridized carbons (Fsp3) is 0.480. The van der Waals surface area contributed by atoms with Crippen LogP contribution >= 0.6 is 11.3 Å². The third-order valence-electron chi connectivity index (χ3n) is 6.88. The standard InChI is InChI=1S/C25H32N4O6S2/c1-3-28-12-11-19-20(15-28)36-24(21(19)22(26)30)27-23(31)16-5-7-18(8-6-16)37(33,34)29-13-9-17(10-14-29)25(32)35-4-2/h5-8,17H,3-4,9-15H2,1-2H3,(H2,26,30)(H,27,31). The molecule has 2 aromatic rings. The topological polar surface area (TPSA) is 139 Å². The quantitative estimate of drug-likeness (QED) is 0.483. The highest BCUT2D eigenvalue weighted by molar-refractivity contribution is 7.89. The first kappa shape index (κ1) is 27.2. The molecule has 0 atom stereocenters. The molecule has 1 saturated heterocycles. The van der Waals surface area contributed by atoms with Gasteiger partial charge < -0.3 is 15.8 Å². The SMILES string of the molecule is CCOC(=O)C1CCN(S(=O)(=O)c2ccc(C(=O)Nc3sc4c(c3C(N)=O)CCN(CC)C4)cc2)CC1. The molecule has 1 aromatic heterocycles. The summed E-state index contributed by atoms with van der Waals surface area (Å²) in [7, 11) is -3.77. The van der Waals surface area contributed by atoms with E-state index >= 15 is 0 Å². The molecule has 1 fully saturated rings. The van der Waals surface area contributed by atoms with E-state index in [0.717, 1.165) is 23.5 Å². The van der Waals surface area contributed by atoms with Crippen molar-refractivity contribution in [2.45, 2.75) is 44.6 Å². The molecule has 0 saturated carbocycles. The molecule has 0 bridgehead atoms. The van der Waals surface area contributed by atoms with Gasteiger partial charge in [-0.2, -0.15) is 4.31 Å². The molecular weight excluding hydrogens is 516 g/mol. The first-order chi connectivity index (χ1) is 17.6. The third-order valence-corrected chi connectivity index (χ3v) is 9.93. The molecule has 200 valence electrons. The molecule has 10 nitrogen and oxygen atoms in total. The summed E-state index contributed by atoms with van der Waals surface area (Å²) in [5, 5.41) is 3.22. The summed E-state index contributed by atoms with van der Waals surface area (Å²) < 4.78 is 32.6. The second kappa shape index (κ2) is 11.3. The molecule has 12 heteroatoms. The highest BCUT2D eigenvalue weighted by Crippen LogP contribution is 2.37. The van der Waals surface area contributed by atoms with Crippen LogP contribution in [0.4, 0.5) is 5.00 Å². The zero-order valence-corrected chi connectivity index (χ0v) is 22.6. The minimum atomic E-state index is -3.77. The highest BCUT2D eigenvalue weighted by atomic mass is 32.2. The van der Waals surface area contributed by atoms with Gasteiger partial charge in [-0.25, -0.2) is 8.42 Å². The van der Waals surface area contributed by atoms with Crippen LogP contribution < -0.4 is 11.1 Å². The van der Waals surface area contributed by atoms with Crippen LogP contribution in [-0.4, -0.2) is 68.2 Å². The maximum absolute atomic E-state index is 13.1. The Morgan fingerprint density at radius 3 is 2.38 bits per heavy atom. The van der Waals surface area contributed by atoms with Crippen LogP contribution in [0.1, 0.15) is 57.8 Å². The van der Waals surface area contributed by atoms with Gasteiger partial charge in [-0.05, 0) is 62.6 Å². The summed E-state index contributed by atoms with van der Waals surface area (Å²) in [5.74, 6) is -1.61. The van der Waals surface area contributed by atoms with Gasteiger partial charge in [0.25, 0.3) is 11.8 Å². The maximum Gasteiger partial charge on any atom is 0.309 e. The molecule has 2 aliphatic heterocycles. The number of nitrogens with zero attached hydrogens (tertiary/aromatic N) is 2. The van der Waals surface area contributed by atoms with Crippen LogP contribution in [0.3, 0.4) is 0 Å². The number of carbonyl (C=O) groups excluding carboxylic acids is 3. The largest absolute Gasteiger partial charge is 0.466 e. The monoisotopic (exact) mass is 548 g/mol. The van der Waals surface area contributed by atoms with E-state index in [0.29, 0.717) is 43.0 Å². The number of carbonyl (C=O) groups is 3. The van der Waals surface area contributed by atoms with E-state index < -0.39 is 21.8 Å². The van der Waals surface area contributed by atoms with Crippen LogP contribution in [0.5, 0.6) is 0 Å². The molecule has 3 N–H and O–H groups in total. The Labute approximate surface area is 220 Å². The van der Waals surface area contributed by atoms with Crippen LogP contribution in [0.15, 0.2) is 29.2 Å². The van der Waals surface area contributed by atoms with E-state index in [1.165, 1.54) is 39.9 Å². The van der Waals surface area contributed by atoms with Crippen molar-refractivity contribution >= 4 is 44.1 Å². The van der Waals surface area contributed by atoms with Crippen molar-refractivity contribution in [1.29, 1.82) is 0 Å². The predicted octanol–water partition coefficient (Wildman–Crippen LogP) is 2.44. The normalized spacial score (nSPS) is 17.2. The van der Waals surface area contributed by atoms with Crippen molar-refractivity contribution in [3.8, 4) is 0 Å². The van der Waals surface area contributed by atoms with Gasteiger partial charge in [-0.1, -0.05) is 6.92 Å². The first-order valence-electron chi connectivity index (χ1n) is 12.4. The van der Waals surface area contributed by atoms with Gasteiger partial charge in [0, 0.05) is 36.6 Å². The van der Waals surface area contributed by atoms with E-state index in [4.69, 9.17) is 10.5 Å². The Kier molecular flexibility index (Phi) is 8.32. The van der Waals surface area contributed by atoms with Crippen molar-refractivity contribution in [3.05, 3.63) is 45.8 Å². The average molecular weight is 549 g/mol. The third kappa shape index (κ3) is 5.71. The summed E-state index contributed by atoms with van der Waals surface area (Å²) in [6.07, 6.45) is 1.50. The van der Waals surface area contributed by atoms with E-state index in [1.807, 2.05) is 0 Å². The number of likely N-dealkylation sites (N-methyl/N-ethyl adjacent to an activating group) is 1.